The molecule has 2 aromatic carbocycles. The van der Waals surface area contributed by atoms with Crippen LogP contribution in [0.15, 0.2) is 41.3 Å². The van der Waals surface area contributed by atoms with Crippen LogP contribution in [0.2, 0.25) is 0 Å². The Kier molecular flexibility index (Phi) is 6.05. The van der Waals surface area contributed by atoms with Gasteiger partial charge in [-0.1, -0.05) is 18.2 Å². The number of aryl methyl sites for hydroxylation is 2. The average Bonchev–Trinajstić information content (AvgIpc) is 3.21. The van der Waals surface area contributed by atoms with Gasteiger partial charge in [-0.3, -0.25) is 4.79 Å². The van der Waals surface area contributed by atoms with Crippen LogP contribution in [0, 0.1) is 20.8 Å². The lowest BCUT2D eigenvalue weighted by atomic mass is 10.1. The van der Waals surface area contributed by atoms with Crippen molar-refractivity contribution in [1.29, 1.82) is 0 Å². The lowest BCUT2D eigenvalue weighted by Crippen LogP contribution is -2.28. The molecule has 0 atom stereocenters. The van der Waals surface area contributed by atoms with Gasteiger partial charge in [-0.2, -0.15) is 4.31 Å². The van der Waals surface area contributed by atoms with Gasteiger partial charge in [-0.25, -0.2) is 8.42 Å². The summed E-state index contributed by atoms with van der Waals surface area (Å²) in [6, 6.07) is 10.3. The standard InChI is InChI=1S/C21H26N2O4S/c1-15-9-10-16(2)21(17(15)3)27-14-20(24)22-18-7-6-8-19(13-18)28(25,26)23-11-4-5-12-23/h6-10,13H,4-5,11-12,14H2,1-3H3,(H,22,24). The summed E-state index contributed by atoms with van der Waals surface area (Å²) in [5, 5.41) is 2.72. The SMILES string of the molecule is Cc1ccc(C)c(OCC(=O)Nc2cccc(S(=O)(=O)N3CCCC3)c2)c1C. The molecular weight excluding hydrogens is 376 g/mol. The molecule has 28 heavy (non-hydrogen) atoms. The first-order valence-corrected chi connectivity index (χ1v) is 10.8. The first kappa shape index (κ1) is 20.4. The maximum atomic E-state index is 12.7. The maximum Gasteiger partial charge on any atom is 0.262 e. The van der Waals surface area contributed by atoms with Crippen molar-refractivity contribution in [2.45, 2.75) is 38.5 Å². The van der Waals surface area contributed by atoms with E-state index in [0.717, 1.165) is 29.5 Å². The van der Waals surface area contributed by atoms with Gasteiger partial charge in [0.25, 0.3) is 5.91 Å². The molecule has 1 N–H and O–H groups in total. The van der Waals surface area contributed by atoms with E-state index in [1.807, 2.05) is 32.9 Å². The van der Waals surface area contributed by atoms with Gasteiger partial charge in [-0.05, 0) is 68.5 Å². The number of carbonyl (C=O) groups excluding carboxylic acids is 1. The van der Waals surface area contributed by atoms with Gasteiger partial charge in [0.1, 0.15) is 5.75 Å². The zero-order chi connectivity index (χ0) is 20.3. The second-order valence-corrected chi connectivity index (χ2v) is 9.07. The molecule has 1 amide bonds. The summed E-state index contributed by atoms with van der Waals surface area (Å²) in [5.74, 6) is 0.372. The largest absolute Gasteiger partial charge is 0.483 e. The minimum absolute atomic E-state index is 0.145. The number of carbonyl (C=O) groups is 1. The highest BCUT2D eigenvalue weighted by Crippen LogP contribution is 2.26. The van der Waals surface area contributed by atoms with Crippen LogP contribution in [0.3, 0.4) is 0 Å². The second kappa shape index (κ2) is 8.32. The first-order valence-electron chi connectivity index (χ1n) is 9.39. The number of amides is 1. The Labute approximate surface area is 166 Å². The number of benzene rings is 2. The van der Waals surface area contributed by atoms with E-state index in [1.165, 1.54) is 10.4 Å². The van der Waals surface area contributed by atoms with E-state index in [4.69, 9.17) is 4.74 Å². The number of sulfonamides is 1. The molecule has 7 heteroatoms. The number of nitrogens with one attached hydrogen (secondary N) is 1. The molecule has 1 aliphatic heterocycles. The van der Waals surface area contributed by atoms with Crippen LogP contribution in [0.4, 0.5) is 5.69 Å². The number of hydrogen-bond acceptors (Lipinski definition) is 4. The van der Waals surface area contributed by atoms with E-state index in [-0.39, 0.29) is 17.4 Å². The number of hydrogen-bond donors (Lipinski definition) is 1. The average molecular weight is 403 g/mol. The van der Waals surface area contributed by atoms with E-state index in [1.54, 1.807) is 18.2 Å². The summed E-state index contributed by atoms with van der Waals surface area (Å²) in [6.45, 7) is 6.83. The molecule has 0 unspecified atom stereocenters. The van der Waals surface area contributed by atoms with Crippen molar-refractivity contribution >= 4 is 21.6 Å². The molecule has 1 saturated heterocycles. The van der Waals surface area contributed by atoms with Gasteiger partial charge in [0.15, 0.2) is 6.61 Å². The highest BCUT2D eigenvalue weighted by Gasteiger charge is 2.27. The molecule has 1 heterocycles. The maximum absolute atomic E-state index is 12.7. The Hall–Kier alpha value is -2.38. The van der Waals surface area contributed by atoms with E-state index < -0.39 is 10.0 Å². The third kappa shape index (κ3) is 4.36. The van der Waals surface area contributed by atoms with Crippen LogP contribution in [0.1, 0.15) is 29.5 Å². The van der Waals surface area contributed by atoms with Gasteiger partial charge in [0.2, 0.25) is 10.0 Å². The number of ether oxygens (including phenoxy) is 1. The van der Waals surface area contributed by atoms with Crippen molar-refractivity contribution in [3.8, 4) is 5.75 Å². The Morgan fingerprint density at radius 3 is 2.46 bits per heavy atom. The molecule has 0 bridgehead atoms. The van der Waals surface area contributed by atoms with E-state index >= 15 is 0 Å². The number of rotatable bonds is 6. The monoisotopic (exact) mass is 402 g/mol. The lowest BCUT2D eigenvalue weighted by molar-refractivity contribution is -0.118. The van der Waals surface area contributed by atoms with Crippen LogP contribution < -0.4 is 10.1 Å². The predicted molar refractivity (Wildman–Crippen MR) is 109 cm³/mol. The van der Waals surface area contributed by atoms with Crippen LogP contribution in [-0.4, -0.2) is 38.3 Å². The lowest BCUT2D eigenvalue weighted by Gasteiger charge is -2.16. The van der Waals surface area contributed by atoms with Crippen LogP contribution >= 0.6 is 0 Å². The van der Waals surface area contributed by atoms with E-state index in [2.05, 4.69) is 5.32 Å². The van der Waals surface area contributed by atoms with Crippen LogP contribution in [0.5, 0.6) is 5.75 Å². The van der Waals surface area contributed by atoms with Gasteiger partial charge < -0.3 is 10.1 Å². The number of nitrogens with zero attached hydrogens (tertiary/aromatic N) is 1. The summed E-state index contributed by atoms with van der Waals surface area (Å²) in [5.41, 5.74) is 3.51. The summed E-state index contributed by atoms with van der Waals surface area (Å²) < 4.78 is 32.6. The second-order valence-electron chi connectivity index (χ2n) is 7.13. The molecule has 0 spiro atoms. The van der Waals surface area contributed by atoms with Crippen molar-refractivity contribution in [3.63, 3.8) is 0 Å². The minimum atomic E-state index is -3.52. The zero-order valence-corrected chi connectivity index (χ0v) is 17.3. The quantitative estimate of drug-likeness (QED) is 0.803. The molecule has 0 aromatic heterocycles. The van der Waals surface area contributed by atoms with Gasteiger partial charge in [-0.15, -0.1) is 0 Å². The summed E-state index contributed by atoms with van der Waals surface area (Å²) >= 11 is 0. The highest BCUT2D eigenvalue weighted by molar-refractivity contribution is 7.89. The molecule has 0 radical (unpaired) electrons. The van der Waals surface area contributed by atoms with Gasteiger partial charge in [0.05, 0.1) is 4.90 Å². The van der Waals surface area contributed by atoms with Crippen molar-refractivity contribution < 1.29 is 17.9 Å². The van der Waals surface area contributed by atoms with E-state index in [0.29, 0.717) is 24.5 Å². The van der Waals surface area contributed by atoms with Crippen molar-refractivity contribution in [1.82, 2.24) is 4.31 Å². The molecule has 2 aromatic rings. The molecule has 0 aliphatic carbocycles. The normalized spacial score (nSPS) is 14.8. The first-order chi connectivity index (χ1) is 13.3. The number of anilines is 1. The third-order valence-electron chi connectivity index (χ3n) is 5.04. The molecular formula is C21H26N2O4S. The Morgan fingerprint density at radius 1 is 1.07 bits per heavy atom. The van der Waals surface area contributed by atoms with Crippen LogP contribution in [0.25, 0.3) is 0 Å². The molecule has 1 fully saturated rings. The summed E-state index contributed by atoms with van der Waals surface area (Å²) in [6.07, 6.45) is 1.76. The minimum Gasteiger partial charge on any atom is -0.483 e. The zero-order valence-electron chi connectivity index (χ0n) is 16.5. The summed E-state index contributed by atoms with van der Waals surface area (Å²) in [4.78, 5) is 12.5. The highest BCUT2D eigenvalue weighted by atomic mass is 32.2. The summed E-state index contributed by atoms with van der Waals surface area (Å²) in [7, 11) is -3.52. The molecule has 0 saturated carbocycles. The fourth-order valence-corrected chi connectivity index (χ4v) is 4.86. The van der Waals surface area contributed by atoms with Gasteiger partial charge >= 0.3 is 0 Å². The molecule has 1 aliphatic rings. The fourth-order valence-electron chi connectivity index (χ4n) is 3.29. The van der Waals surface area contributed by atoms with Crippen molar-refractivity contribution in [2.75, 3.05) is 25.0 Å². The smallest absolute Gasteiger partial charge is 0.262 e. The van der Waals surface area contributed by atoms with Crippen LogP contribution in [-0.2, 0) is 14.8 Å². The fraction of sp³-hybridized carbons (Fsp3) is 0.381. The molecule has 150 valence electrons. The topological polar surface area (TPSA) is 75.7 Å². The molecule has 3 rings (SSSR count). The van der Waals surface area contributed by atoms with Gasteiger partial charge in [0, 0.05) is 18.8 Å². The third-order valence-corrected chi connectivity index (χ3v) is 6.94. The van der Waals surface area contributed by atoms with Crippen molar-refractivity contribution in [3.05, 3.63) is 53.1 Å². The Morgan fingerprint density at radius 2 is 1.75 bits per heavy atom. The Bertz CT molecular complexity index is 980. The molecule has 6 nitrogen and oxygen atoms in total. The Balaban J connectivity index is 1.67. The van der Waals surface area contributed by atoms with E-state index in [9.17, 15) is 13.2 Å². The predicted octanol–water partition coefficient (Wildman–Crippen LogP) is 3.41. The van der Waals surface area contributed by atoms with Crippen molar-refractivity contribution in [2.24, 2.45) is 0 Å².